The zero-order valence-corrected chi connectivity index (χ0v) is 14.2. The topological polar surface area (TPSA) is 79.0 Å². The molecule has 0 bridgehead atoms. The quantitative estimate of drug-likeness (QED) is 0.596. The van der Waals surface area contributed by atoms with Crippen LogP contribution in [-0.4, -0.2) is 41.4 Å². The van der Waals surface area contributed by atoms with Crippen molar-refractivity contribution in [2.24, 2.45) is 0 Å². The second-order valence-corrected chi connectivity index (χ2v) is 5.93. The summed E-state index contributed by atoms with van der Waals surface area (Å²) in [6, 6.07) is 9.75. The van der Waals surface area contributed by atoms with Crippen LogP contribution in [0.5, 0.6) is 5.75 Å². The maximum Gasteiger partial charge on any atom is 0.157 e. The van der Waals surface area contributed by atoms with Crippen LogP contribution in [0, 0.1) is 0 Å². The van der Waals surface area contributed by atoms with Gasteiger partial charge in [0.1, 0.15) is 17.1 Å². The van der Waals surface area contributed by atoms with Crippen LogP contribution in [0.1, 0.15) is 0 Å². The summed E-state index contributed by atoms with van der Waals surface area (Å²) < 4.78 is 5.32. The Morgan fingerprint density at radius 3 is 2.68 bits per heavy atom. The lowest BCUT2D eigenvalue weighted by molar-refractivity contribution is 0.415. The molecule has 0 radical (unpaired) electrons. The van der Waals surface area contributed by atoms with E-state index in [2.05, 4.69) is 20.5 Å². The van der Waals surface area contributed by atoms with E-state index in [9.17, 15) is 0 Å². The molecular formula is C18H18N6O. The molecule has 126 valence electrons. The first kappa shape index (κ1) is 15.2. The minimum atomic E-state index is 0.713. The molecule has 0 atom stereocenters. The van der Waals surface area contributed by atoms with E-state index in [4.69, 9.17) is 9.72 Å². The number of aromatic nitrogens is 4. The number of rotatable bonds is 4. The molecule has 0 aliphatic rings. The Bertz CT molecular complexity index is 1040. The molecular weight excluding hydrogens is 316 g/mol. The normalized spacial score (nSPS) is 11.0. The number of benzene rings is 1. The van der Waals surface area contributed by atoms with Crippen LogP contribution in [0.2, 0.25) is 0 Å². The van der Waals surface area contributed by atoms with Gasteiger partial charge >= 0.3 is 0 Å². The summed E-state index contributed by atoms with van der Waals surface area (Å²) in [4.78, 5) is 11.1. The Hall–Kier alpha value is -3.35. The van der Waals surface area contributed by atoms with E-state index in [1.165, 1.54) is 0 Å². The fraction of sp³-hybridized carbons (Fsp3) is 0.167. The van der Waals surface area contributed by atoms with Gasteiger partial charge < -0.3 is 15.0 Å². The Morgan fingerprint density at radius 1 is 1.08 bits per heavy atom. The van der Waals surface area contributed by atoms with Crippen molar-refractivity contribution in [2.45, 2.75) is 0 Å². The van der Waals surface area contributed by atoms with E-state index >= 15 is 0 Å². The summed E-state index contributed by atoms with van der Waals surface area (Å²) in [6.07, 6.45) is 3.59. The third-order valence-electron chi connectivity index (χ3n) is 4.07. The third kappa shape index (κ3) is 2.69. The average Bonchev–Trinajstić information content (AvgIpc) is 3.12. The molecule has 0 fully saturated rings. The summed E-state index contributed by atoms with van der Waals surface area (Å²) in [5.41, 5.74) is 2.58. The zero-order valence-electron chi connectivity index (χ0n) is 14.2. The van der Waals surface area contributed by atoms with Gasteiger partial charge in [-0.2, -0.15) is 5.10 Å². The molecule has 4 rings (SSSR count). The number of H-pyrrole nitrogens is 1. The standard InChI is InChI=1S/C18H18N6O/c1-24(2)16-7-4-11(9-19-16)21-18-17-14(10-20-23-17)13-8-12(25-3)5-6-15(13)22-18/h4-10H,1-3H3,(H,20,23)(H,21,22). The van der Waals surface area contributed by atoms with Gasteiger partial charge in [0.05, 0.1) is 30.7 Å². The van der Waals surface area contributed by atoms with Crippen LogP contribution < -0.4 is 15.0 Å². The van der Waals surface area contributed by atoms with Crippen LogP contribution in [0.15, 0.2) is 42.7 Å². The van der Waals surface area contributed by atoms with Crippen LogP contribution in [0.4, 0.5) is 17.3 Å². The summed E-state index contributed by atoms with van der Waals surface area (Å²) >= 11 is 0. The van der Waals surface area contributed by atoms with Crippen molar-refractivity contribution in [1.29, 1.82) is 0 Å². The predicted octanol–water partition coefficient (Wildman–Crippen LogP) is 3.32. The van der Waals surface area contributed by atoms with Crippen molar-refractivity contribution >= 4 is 39.1 Å². The molecule has 3 heterocycles. The first-order valence-corrected chi connectivity index (χ1v) is 7.87. The number of fused-ring (bicyclic) bond motifs is 3. The van der Waals surface area contributed by atoms with Gasteiger partial charge in [-0.15, -0.1) is 0 Å². The van der Waals surface area contributed by atoms with Crippen molar-refractivity contribution in [3.05, 3.63) is 42.7 Å². The maximum absolute atomic E-state index is 5.32. The molecule has 4 aromatic rings. The van der Waals surface area contributed by atoms with Gasteiger partial charge in [0.15, 0.2) is 5.82 Å². The molecule has 25 heavy (non-hydrogen) atoms. The first-order chi connectivity index (χ1) is 12.2. The average molecular weight is 334 g/mol. The number of aromatic amines is 1. The molecule has 0 unspecified atom stereocenters. The van der Waals surface area contributed by atoms with Gasteiger partial charge in [-0.3, -0.25) is 5.10 Å². The van der Waals surface area contributed by atoms with E-state index < -0.39 is 0 Å². The van der Waals surface area contributed by atoms with Crippen LogP contribution in [-0.2, 0) is 0 Å². The molecule has 7 heteroatoms. The monoisotopic (exact) mass is 334 g/mol. The molecule has 0 spiro atoms. The largest absolute Gasteiger partial charge is 0.497 e. The molecule has 3 aromatic heterocycles. The second kappa shape index (κ2) is 5.94. The van der Waals surface area contributed by atoms with Crippen molar-refractivity contribution in [3.63, 3.8) is 0 Å². The van der Waals surface area contributed by atoms with Crippen LogP contribution in [0.3, 0.4) is 0 Å². The number of nitrogens with zero attached hydrogens (tertiary/aromatic N) is 4. The summed E-state index contributed by atoms with van der Waals surface area (Å²) in [5, 5.41) is 12.5. The summed E-state index contributed by atoms with van der Waals surface area (Å²) in [7, 11) is 5.58. The van der Waals surface area contributed by atoms with E-state index in [1.54, 1.807) is 19.5 Å². The first-order valence-electron chi connectivity index (χ1n) is 7.87. The molecule has 0 saturated heterocycles. The molecule has 7 nitrogen and oxygen atoms in total. The second-order valence-electron chi connectivity index (χ2n) is 5.93. The van der Waals surface area contributed by atoms with Gasteiger partial charge in [0.25, 0.3) is 0 Å². The van der Waals surface area contributed by atoms with E-state index in [0.29, 0.717) is 5.82 Å². The third-order valence-corrected chi connectivity index (χ3v) is 4.07. The molecule has 0 aliphatic heterocycles. The lowest BCUT2D eigenvalue weighted by atomic mass is 10.1. The number of ether oxygens (including phenoxy) is 1. The van der Waals surface area contributed by atoms with Gasteiger partial charge in [0, 0.05) is 24.9 Å². The Kier molecular flexibility index (Phi) is 3.61. The Balaban J connectivity index is 1.79. The van der Waals surface area contributed by atoms with Crippen molar-refractivity contribution in [3.8, 4) is 5.75 Å². The SMILES string of the molecule is COc1ccc2nc(Nc3ccc(N(C)C)nc3)c3[nH]ncc3c2c1. The predicted molar refractivity (Wildman–Crippen MR) is 99.8 cm³/mol. The number of nitrogens with one attached hydrogen (secondary N) is 2. The number of hydrogen-bond donors (Lipinski definition) is 2. The Morgan fingerprint density at radius 2 is 1.96 bits per heavy atom. The fourth-order valence-electron chi connectivity index (χ4n) is 2.75. The van der Waals surface area contributed by atoms with E-state index in [-0.39, 0.29) is 0 Å². The highest BCUT2D eigenvalue weighted by molar-refractivity contribution is 6.09. The minimum absolute atomic E-state index is 0.713. The Labute approximate surface area is 144 Å². The maximum atomic E-state index is 5.32. The number of methoxy groups -OCH3 is 1. The fourth-order valence-corrected chi connectivity index (χ4v) is 2.75. The van der Waals surface area contributed by atoms with Gasteiger partial charge in [-0.1, -0.05) is 0 Å². The highest BCUT2D eigenvalue weighted by Crippen LogP contribution is 2.31. The van der Waals surface area contributed by atoms with Gasteiger partial charge in [-0.05, 0) is 30.3 Å². The number of pyridine rings is 2. The van der Waals surface area contributed by atoms with Crippen LogP contribution in [0.25, 0.3) is 21.8 Å². The molecule has 0 saturated carbocycles. The summed E-state index contributed by atoms with van der Waals surface area (Å²) in [5.74, 6) is 2.40. The smallest absolute Gasteiger partial charge is 0.157 e. The lowest BCUT2D eigenvalue weighted by Crippen LogP contribution is -2.10. The van der Waals surface area contributed by atoms with Crippen LogP contribution >= 0.6 is 0 Å². The highest BCUT2D eigenvalue weighted by Gasteiger charge is 2.11. The summed E-state index contributed by atoms with van der Waals surface area (Å²) in [6.45, 7) is 0. The number of anilines is 3. The highest BCUT2D eigenvalue weighted by atomic mass is 16.5. The van der Waals surface area contributed by atoms with Crippen molar-refractivity contribution in [2.75, 3.05) is 31.4 Å². The zero-order chi connectivity index (χ0) is 17.4. The molecule has 1 aromatic carbocycles. The van der Waals surface area contributed by atoms with Crippen molar-refractivity contribution < 1.29 is 4.74 Å². The molecule has 0 aliphatic carbocycles. The van der Waals surface area contributed by atoms with Gasteiger partial charge in [-0.25, -0.2) is 9.97 Å². The minimum Gasteiger partial charge on any atom is -0.497 e. The molecule has 2 N–H and O–H groups in total. The van der Waals surface area contributed by atoms with Crippen molar-refractivity contribution in [1.82, 2.24) is 20.2 Å². The molecule has 0 amide bonds. The van der Waals surface area contributed by atoms with Gasteiger partial charge in [0.2, 0.25) is 0 Å². The lowest BCUT2D eigenvalue weighted by Gasteiger charge is -2.12. The number of hydrogen-bond acceptors (Lipinski definition) is 6. The van der Waals surface area contributed by atoms with E-state index in [0.717, 1.165) is 39.1 Å². The van der Waals surface area contributed by atoms with E-state index in [1.807, 2.05) is 49.3 Å².